The molecule has 1 unspecified atom stereocenters. The molecule has 2 aromatic rings. The summed E-state index contributed by atoms with van der Waals surface area (Å²) in [5.41, 5.74) is 0.654. The maximum atomic E-state index is 15.2. The first-order valence-corrected chi connectivity index (χ1v) is 9.84. The summed E-state index contributed by atoms with van der Waals surface area (Å²) < 4.78 is 17.0. The van der Waals surface area contributed by atoms with Gasteiger partial charge in [-0.15, -0.1) is 0 Å². The van der Waals surface area contributed by atoms with Gasteiger partial charge in [-0.3, -0.25) is 9.59 Å². The van der Waals surface area contributed by atoms with Gasteiger partial charge in [0.15, 0.2) is 0 Å². The highest BCUT2D eigenvalue weighted by molar-refractivity contribution is 5.95. The van der Waals surface area contributed by atoms with Gasteiger partial charge in [-0.25, -0.2) is 9.18 Å². The molecule has 8 heteroatoms. The number of hydrogen-bond donors (Lipinski definition) is 1. The van der Waals surface area contributed by atoms with Crippen LogP contribution in [0.3, 0.4) is 0 Å². The Bertz CT molecular complexity index is 1090. The predicted molar refractivity (Wildman–Crippen MR) is 107 cm³/mol. The van der Waals surface area contributed by atoms with E-state index >= 15 is 4.39 Å². The molecule has 0 radical (unpaired) electrons. The fraction of sp³-hybridized carbons (Fsp3) is 0.476. The highest BCUT2D eigenvalue weighted by Gasteiger charge is 2.32. The lowest BCUT2D eigenvalue weighted by atomic mass is 10.0. The topological polar surface area (TPSA) is 82.8 Å². The molecule has 0 bridgehead atoms. The zero-order chi connectivity index (χ0) is 21.0. The number of piperazine rings is 1. The van der Waals surface area contributed by atoms with Crippen LogP contribution in [-0.2, 0) is 4.79 Å². The fourth-order valence-corrected chi connectivity index (χ4v) is 4.48. The molecule has 2 fully saturated rings. The van der Waals surface area contributed by atoms with E-state index in [0.717, 1.165) is 12.8 Å². The van der Waals surface area contributed by atoms with Gasteiger partial charge in [-0.05, 0) is 38.3 Å². The maximum absolute atomic E-state index is 15.2. The average molecular weight is 401 g/mol. The number of hydrogen-bond acceptors (Lipinski definition) is 4. The molecule has 1 saturated heterocycles. The molecule has 154 valence electrons. The average Bonchev–Trinajstić information content (AvgIpc) is 3.47. The quantitative estimate of drug-likeness (QED) is 0.855. The molecule has 1 N–H and O–H groups in total. The van der Waals surface area contributed by atoms with E-state index in [1.807, 2.05) is 16.4 Å². The van der Waals surface area contributed by atoms with Crippen LogP contribution < -0.4 is 10.3 Å². The van der Waals surface area contributed by atoms with Crippen LogP contribution in [0.25, 0.3) is 10.9 Å². The molecule has 2 heterocycles. The number of halogens is 1. The third-order valence-corrected chi connectivity index (χ3v) is 6.00. The van der Waals surface area contributed by atoms with Crippen molar-refractivity contribution in [2.45, 2.75) is 45.7 Å². The van der Waals surface area contributed by atoms with E-state index in [-0.39, 0.29) is 28.9 Å². The van der Waals surface area contributed by atoms with Crippen LogP contribution >= 0.6 is 0 Å². The van der Waals surface area contributed by atoms with Gasteiger partial charge >= 0.3 is 5.97 Å². The number of amides is 1. The Labute approximate surface area is 167 Å². The molecule has 1 aromatic heterocycles. The molecule has 1 saturated carbocycles. The van der Waals surface area contributed by atoms with Gasteiger partial charge in [0.1, 0.15) is 11.4 Å². The Morgan fingerprint density at radius 2 is 1.93 bits per heavy atom. The number of nitrogens with zero attached hydrogens (tertiary/aromatic N) is 3. The summed E-state index contributed by atoms with van der Waals surface area (Å²) in [6.07, 6.45) is 3.20. The number of fused-ring (bicyclic) bond motifs is 1. The van der Waals surface area contributed by atoms with E-state index in [4.69, 9.17) is 0 Å². The highest BCUT2D eigenvalue weighted by Crippen LogP contribution is 2.40. The van der Waals surface area contributed by atoms with Crippen molar-refractivity contribution in [1.82, 2.24) is 9.47 Å². The summed E-state index contributed by atoms with van der Waals surface area (Å²) in [5.74, 6) is -1.85. The molecular weight excluding hydrogens is 377 g/mol. The van der Waals surface area contributed by atoms with Crippen molar-refractivity contribution in [2.75, 3.05) is 24.5 Å². The minimum absolute atomic E-state index is 0.00312. The third-order valence-electron chi connectivity index (χ3n) is 6.00. The molecule has 1 aliphatic heterocycles. The van der Waals surface area contributed by atoms with Crippen LogP contribution in [0.5, 0.6) is 0 Å². The highest BCUT2D eigenvalue weighted by atomic mass is 19.1. The van der Waals surface area contributed by atoms with Crippen molar-refractivity contribution in [3.05, 3.63) is 39.4 Å². The molecule has 1 amide bonds. The molecule has 1 aliphatic carbocycles. The number of aryl methyl sites for hydroxylation is 1. The third kappa shape index (κ3) is 3.16. The Morgan fingerprint density at radius 3 is 2.48 bits per heavy atom. The van der Waals surface area contributed by atoms with Crippen LogP contribution in [0, 0.1) is 12.7 Å². The summed E-state index contributed by atoms with van der Waals surface area (Å²) in [6.45, 7) is 6.73. The zero-order valence-electron chi connectivity index (χ0n) is 16.7. The van der Waals surface area contributed by atoms with Crippen molar-refractivity contribution in [1.29, 1.82) is 0 Å². The van der Waals surface area contributed by atoms with Gasteiger partial charge < -0.3 is 19.5 Å². The number of aromatic nitrogens is 1. The van der Waals surface area contributed by atoms with Crippen LogP contribution in [0.2, 0.25) is 0 Å². The summed E-state index contributed by atoms with van der Waals surface area (Å²) >= 11 is 0. The Kier molecular flexibility index (Phi) is 4.59. The minimum atomic E-state index is -1.30. The number of anilines is 1. The molecule has 1 atom stereocenters. The van der Waals surface area contributed by atoms with E-state index < -0.39 is 17.2 Å². The maximum Gasteiger partial charge on any atom is 0.341 e. The second-order valence-electron chi connectivity index (χ2n) is 8.05. The first-order chi connectivity index (χ1) is 13.7. The van der Waals surface area contributed by atoms with E-state index in [9.17, 15) is 19.5 Å². The second kappa shape index (κ2) is 6.86. The van der Waals surface area contributed by atoms with Gasteiger partial charge in [0.05, 0.1) is 11.2 Å². The van der Waals surface area contributed by atoms with Gasteiger partial charge in [0, 0.05) is 50.2 Å². The number of carboxylic acids is 1. The van der Waals surface area contributed by atoms with E-state index in [1.54, 1.807) is 11.8 Å². The molecule has 4 rings (SSSR count). The first kappa shape index (κ1) is 19.4. The largest absolute Gasteiger partial charge is 0.477 e. The molecular formula is C21H24FN3O4. The number of carbonyl (C=O) groups is 2. The van der Waals surface area contributed by atoms with Crippen molar-refractivity contribution in [2.24, 2.45) is 0 Å². The van der Waals surface area contributed by atoms with Crippen LogP contribution in [0.15, 0.2) is 17.1 Å². The summed E-state index contributed by atoms with van der Waals surface area (Å²) in [7, 11) is 0. The summed E-state index contributed by atoms with van der Waals surface area (Å²) in [5, 5.41) is 9.50. The summed E-state index contributed by atoms with van der Waals surface area (Å²) in [4.78, 5) is 39.7. The van der Waals surface area contributed by atoms with Gasteiger partial charge in [0.2, 0.25) is 11.3 Å². The Morgan fingerprint density at radius 1 is 1.24 bits per heavy atom. The Balaban J connectivity index is 1.88. The molecule has 29 heavy (non-hydrogen) atoms. The SMILES string of the molecule is CC(=O)N1CCN(c2c(F)cc3c(=O)c(C(=O)O)cn(C4CC4)c3c2C)CC1C. The number of carboxylic acid groups (broad SMARTS) is 1. The molecule has 1 aromatic carbocycles. The van der Waals surface area contributed by atoms with Gasteiger partial charge in [-0.1, -0.05) is 0 Å². The van der Waals surface area contributed by atoms with Crippen molar-refractivity contribution < 1.29 is 19.1 Å². The smallest absolute Gasteiger partial charge is 0.341 e. The van der Waals surface area contributed by atoms with Crippen molar-refractivity contribution in [3.8, 4) is 0 Å². The lowest BCUT2D eigenvalue weighted by Gasteiger charge is -2.41. The molecule has 2 aliphatic rings. The summed E-state index contributed by atoms with van der Waals surface area (Å²) in [6, 6.07) is 1.24. The van der Waals surface area contributed by atoms with Crippen molar-refractivity contribution in [3.63, 3.8) is 0 Å². The minimum Gasteiger partial charge on any atom is -0.477 e. The normalized spacial score (nSPS) is 19.7. The fourth-order valence-electron chi connectivity index (χ4n) is 4.48. The molecule has 7 nitrogen and oxygen atoms in total. The lowest BCUT2D eigenvalue weighted by molar-refractivity contribution is -0.131. The number of benzene rings is 1. The predicted octanol–water partition coefficient (Wildman–Crippen LogP) is 2.54. The van der Waals surface area contributed by atoms with Gasteiger partial charge in [-0.2, -0.15) is 0 Å². The number of pyridine rings is 1. The second-order valence-corrected chi connectivity index (χ2v) is 8.05. The standard InChI is InChI=1S/C21H24FN3O4/c1-11-9-23(6-7-24(11)13(3)26)19-12(2)18-15(8-17(19)22)20(27)16(21(28)29)10-25(18)14-4-5-14/h8,10-11,14H,4-7,9H2,1-3H3,(H,28,29). The zero-order valence-corrected chi connectivity index (χ0v) is 16.7. The van der Waals surface area contributed by atoms with Gasteiger partial charge in [0.25, 0.3) is 0 Å². The molecule has 0 spiro atoms. The van der Waals surface area contributed by atoms with Crippen molar-refractivity contribution >= 4 is 28.5 Å². The van der Waals surface area contributed by atoms with Crippen LogP contribution in [0.1, 0.15) is 48.7 Å². The van der Waals surface area contributed by atoms with E-state index in [2.05, 4.69) is 0 Å². The Hall–Kier alpha value is -2.90. The number of aromatic carboxylic acids is 1. The van der Waals surface area contributed by atoms with Crippen LogP contribution in [-0.4, -0.2) is 52.1 Å². The number of carbonyl (C=O) groups excluding carboxylic acids is 1. The monoisotopic (exact) mass is 401 g/mol. The lowest BCUT2D eigenvalue weighted by Crippen LogP contribution is -2.53. The first-order valence-electron chi connectivity index (χ1n) is 9.84. The van der Waals surface area contributed by atoms with Crippen LogP contribution in [0.4, 0.5) is 10.1 Å². The number of rotatable bonds is 3. The van der Waals surface area contributed by atoms with E-state index in [0.29, 0.717) is 36.4 Å². The van der Waals surface area contributed by atoms with E-state index in [1.165, 1.54) is 19.2 Å².